The van der Waals surface area contributed by atoms with Gasteiger partial charge < -0.3 is 9.80 Å². The zero-order valence-corrected chi connectivity index (χ0v) is 25.2. The van der Waals surface area contributed by atoms with Crippen molar-refractivity contribution in [2.75, 3.05) is 36.0 Å². The maximum Gasteiger partial charge on any atom is 0.699 e. The van der Waals surface area contributed by atoms with E-state index in [0.717, 1.165) is 63.5 Å². The van der Waals surface area contributed by atoms with Gasteiger partial charge in [-0.25, -0.2) is 19.9 Å². The van der Waals surface area contributed by atoms with E-state index in [0.29, 0.717) is 47.6 Å². The van der Waals surface area contributed by atoms with Crippen LogP contribution in [0.25, 0.3) is 0 Å². The third-order valence-electron chi connectivity index (χ3n) is 7.82. The summed E-state index contributed by atoms with van der Waals surface area (Å²) >= 11 is 12.9. The lowest BCUT2D eigenvalue weighted by Crippen LogP contribution is -2.33. The molecule has 0 aromatic carbocycles. The Morgan fingerprint density at radius 2 is 1.05 bits per heavy atom. The molecular weight excluding hydrogens is 546 g/mol. The molecule has 0 radical (unpaired) electrons. The predicted molar refractivity (Wildman–Crippen MR) is 151 cm³/mol. The molecule has 0 unspecified atom stereocenters. The fourth-order valence-electron chi connectivity index (χ4n) is 5.21. The molecule has 2 aliphatic heterocycles. The molecule has 208 valence electrons. The van der Waals surface area contributed by atoms with Gasteiger partial charge in [0, 0.05) is 42.9 Å². The zero-order chi connectivity index (χ0) is 27.3. The molecule has 4 heterocycles. The van der Waals surface area contributed by atoms with E-state index in [-0.39, 0.29) is 0 Å². The number of halogens is 2. The smallest absolute Gasteiger partial charge is 0.356 e. The number of nitrogens with zero attached hydrogens (tertiary/aromatic N) is 6. The Morgan fingerprint density at radius 3 is 1.37 bits per heavy atom. The Labute approximate surface area is 236 Å². The second-order valence-corrected chi connectivity index (χ2v) is 11.5. The number of hydrogen-bond donors (Lipinski definition) is 0. The summed E-state index contributed by atoms with van der Waals surface area (Å²) in [6, 6.07) is 3.55. The van der Waals surface area contributed by atoms with E-state index in [9.17, 15) is 4.57 Å². The lowest BCUT2D eigenvalue weighted by atomic mass is 9.96. The van der Waals surface area contributed by atoms with Crippen molar-refractivity contribution in [1.82, 2.24) is 19.9 Å². The first kappa shape index (κ1) is 29.3. The van der Waals surface area contributed by atoms with Crippen LogP contribution in [-0.4, -0.2) is 46.1 Å². The molecule has 0 N–H and O–H groups in total. The first-order valence-electron chi connectivity index (χ1n) is 13.7. The highest BCUT2D eigenvalue weighted by molar-refractivity contribution is 7.33. The van der Waals surface area contributed by atoms with Crippen LogP contribution < -0.4 is 9.80 Å². The van der Waals surface area contributed by atoms with Crippen LogP contribution >= 0.6 is 31.5 Å². The highest BCUT2D eigenvalue weighted by atomic mass is 35.5. The van der Waals surface area contributed by atoms with Gasteiger partial charge in [-0.15, -0.1) is 9.05 Å². The van der Waals surface area contributed by atoms with E-state index >= 15 is 0 Å². The van der Waals surface area contributed by atoms with Crippen LogP contribution in [0.1, 0.15) is 90.7 Å². The highest BCUT2D eigenvalue weighted by Gasteiger charge is 2.50. The van der Waals surface area contributed by atoms with Crippen LogP contribution in [0.5, 0.6) is 0 Å². The van der Waals surface area contributed by atoms with Crippen molar-refractivity contribution in [3.63, 3.8) is 0 Å². The van der Waals surface area contributed by atoms with Crippen molar-refractivity contribution < 1.29 is 13.6 Å². The van der Waals surface area contributed by atoms with Crippen molar-refractivity contribution in [1.29, 1.82) is 0 Å². The van der Waals surface area contributed by atoms with Crippen molar-refractivity contribution in [2.45, 2.75) is 90.3 Å². The van der Waals surface area contributed by atoms with Crippen LogP contribution in [0, 0.1) is 0 Å². The Hall–Kier alpha value is -1.64. The molecule has 2 aromatic rings. The Kier molecular flexibility index (Phi) is 9.80. The molecule has 2 saturated heterocycles. The van der Waals surface area contributed by atoms with Gasteiger partial charge in [0.15, 0.2) is 22.9 Å². The normalized spacial score (nSPS) is 16.5. The fraction of sp³-hybridized carbons (Fsp3) is 0.692. The minimum Gasteiger partial charge on any atom is -0.356 e. The molecule has 2 aromatic heterocycles. The SMILES string of the molecule is CCC(CC)(O[P+](=O)OC(CC)(CC)c1nc(Cl)cc(N2CCCC2)n1)c1nc(Cl)cc(N2CCCC2)n1. The van der Waals surface area contributed by atoms with Crippen LogP contribution in [0.4, 0.5) is 11.6 Å². The molecule has 2 fully saturated rings. The number of hydrogen-bond acceptors (Lipinski definition) is 9. The van der Waals surface area contributed by atoms with Crippen LogP contribution in [0.3, 0.4) is 0 Å². The monoisotopic (exact) mass is 583 g/mol. The molecule has 4 rings (SSSR count). The van der Waals surface area contributed by atoms with E-state index in [2.05, 4.69) is 19.8 Å². The minimum atomic E-state index is -2.61. The van der Waals surface area contributed by atoms with Gasteiger partial charge in [-0.3, -0.25) is 0 Å². The average molecular weight is 585 g/mol. The molecule has 0 saturated carbocycles. The maximum atomic E-state index is 13.6. The summed E-state index contributed by atoms with van der Waals surface area (Å²) < 4.78 is 26.1. The third-order valence-corrected chi connectivity index (χ3v) is 9.21. The van der Waals surface area contributed by atoms with Crippen molar-refractivity contribution in [2.24, 2.45) is 0 Å². The summed E-state index contributed by atoms with van der Waals surface area (Å²) in [6.45, 7) is 11.5. The summed E-state index contributed by atoms with van der Waals surface area (Å²) in [5, 5.41) is 0.669. The molecule has 0 bridgehead atoms. The van der Waals surface area contributed by atoms with Gasteiger partial charge in [-0.1, -0.05) is 50.9 Å². The van der Waals surface area contributed by atoms with Crippen LogP contribution in [0.2, 0.25) is 10.3 Å². The van der Waals surface area contributed by atoms with Gasteiger partial charge in [0.2, 0.25) is 0 Å². The van der Waals surface area contributed by atoms with E-state index in [1.165, 1.54) is 0 Å². The second kappa shape index (κ2) is 12.7. The average Bonchev–Trinajstić information content (AvgIpc) is 3.65. The Bertz CT molecular complexity index is 1030. The summed E-state index contributed by atoms with van der Waals surface area (Å²) in [6.07, 6.45) is 6.42. The Morgan fingerprint density at radius 1 is 0.711 bits per heavy atom. The van der Waals surface area contributed by atoms with Gasteiger partial charge in [0.05, 0.1) is 0 Å². The largest absolute Gasteiger partial charge is 0.699 e. The molecule has 12 heteroatoms. The van der Waals surface area contributed by atoms with Crippen molar-refractivity contribution in [3.8, 4) is 0 Å². The third kappa shape index (κ3) is 6.23. The first-order valence-corrected chi connectivity index (χ1v) is 15.6. The van der Waals surface area contributed by atoms with E-state index in [4.69, 9.17) is 42.2 Å². The Balaban J connectivity index is 1.62. The quantitative estimate of drug-likeness (QED) is 0.190. The number of aromatic nitrogens is 4. The molecule has 0 spiro atoms. The topological polar surface area (TPSA) is 93.6 Å². The second-order valence-electron chi connectivity index (χ2n) is 9.94. The lowest BCUT2D eigenvalue weighted by molar-refractivity contribution is -0.00959. The molecular formula is C26H38Cl2N6O3P+. The van der Waals surface area contributed by atoms with E-state index < -0.39 is 19.5 Å². The number of anilines is 2. The molecule has 2 aliphatic rings. The van der Waals surface area contributed by atoms with E-state index in [1.807, 2.05) is 27.7 Å². The predicted octanol–water partition coefficient (Wildman–Crippen LogP) is 7.20. The number of rotatable bonds is 12. The maximum absolute atomic E-state index is 13.6. The van der Waals surface area contributed by atoms with Crippen LogP contribution in [-0.2, 0) is 24.8 Å². The fourth-order valence-corrected chi connectivity index (χ4v) is 6.85. The van der Waals surface area contributed by atoms with Gasteiger partial charge in [-0.2, -0.15) is 0 Å². The standard InChI is InChI=1S/C26H38Cl2N6O3P/c1-5-25(6-2,23-29-19(27)17-21(31-23)33-13-9-10-14-33)36-38(35)37-26(7-3,8-4)24-30-20(28)18-22(32-24)34-15-11-12-16-34/h17-18H,5-16H2,1-4H3/q+1. The highest BCUT2D eigenvalue weighted by Crippen LogP contribution is 2.48. The first-order chi connectivity index (χ1) is 18.3. The van der Waals surface area contributed by atoms with Gasteiger partial charge in [0.25, 0.3) is 0 Å². The molecule has 0 aliphatic carbocycles. The molecule has 38 heavy (non-hydrogen) atoms. The zero-order valence-electron chi connectivity index (χ0n) is 22.8. The molecule has 0 atom stereocenters. The lowest BCUT2D eigenvalue weighted by Gasteiger charge is -2.28. The summed E-state index contributed by atoms with van der Waals surface area (Å²) in [5.41, 5.74) is -2.06. The van der Waals surface area contributed by atoms with E-state index in [1.54, 1.807) is 12.1 Å². The van der Waals surface area contributed by atoms with Crippen molar-refractivity contribution >= 4 is 43.1 Å². The summed E-state index contributed by atoms with van der Waals surface area (Å²) in [4.78, 5) is 23.0. The molecule has 9 nitrogen and oxygen atoms in total. The summed E-state index contributed by atoms with van der Waals surface area (Å²) in [7, 11) is -2.61. The van der Waals surface area contributed by atoms with Crippen LogP contribution in [0.15, 0.2) is 12.1 Å². The molecule has 0 amide bonds. The van der Waals surface area contributed by atoms with Gasteiger partial charge >= 0.3 is 8.25 Å². The minimum absolute atomic E-state index is 0.334. The van der Waals surface area contributed by atoms with Crippen molar-refractivity contribution in [3.05, 3.63) is 34.1 Å². The van der Waals surface area contributed by atoms with Gasteiger partial charge in [0.1, 0.15) is 21.9 Å². The van der Waals surface area contributed by atoms with Gasteiger partial charge in [-0.05, 0) is 51.4 Å². The summed E-state index contributed by atoms with van der Waals surface area (Å²) in [5.74, 6) is 2.36.